The van der Waals surface area contributed by atoms with E-state index >= 15 is 0 Å². The fourth-order valence-corrected chi connectivity index (χ4v) is 5.23. The number of hydrogen-bond donors (Lipinski definition) is 3. The van der Waals surface area contributed by atoms with Crippen molar-refractivity contribution in [3.63, 3.8) is 0 Å². The molecule has 1 aromatic carbocycles. The molecule has 4 N–H and O–H groups in total. The molecule has 7 nitrogen and oxygen atoms in total. The third-order valence-electron chi connectivity index (χ3n) is 7.94. The molecule has 0 spiro atoms. The quantitative estimate of drug-likeness (QED) is 0.213. The van der Waals surface area contributed by atoms with E-state index in [1.165, 1.54) is 6.07 Å². The molecule has 0 aliphatic carbocycles. The van der Waals surface area contributed by atoms with Gasteiger partial charge in [-0.15, -0.1) is 0 Å². The van der Waals surface area contributed by atoms with Crippen molar-refractivity contribution in [1.29, 1.82) is 0 Å². The average molecular weight is 571 g/mol. The molecule has 1 heterocycles. The summed E-state index contributed by atoms with van der Waals surface area (Å²) < 4.78 is 44.8. The number of ether oxygens (including phenoxy) is 3. The van der Waals surface area contributed by atoms with Gasteiger partial charge in [-0.3, -0.25) is 4.79 Å². The lowest BCUT2D eigenvalue weighted by Crippen LogP contribution is -2.43. The molecule has 9 heteroatoms. The lowest BCUT2D eigenvalue weighted by atomic mass is 9.80. The van der Waals surface area contributed by atoms with Crippen molar-refractivity contribution in [3.05, 3.63) is 29.3 Å². The highest BCUT2D eigenvalue weighted by Crippen LogP contribution is 2.36. The SMILES string of the molecule is COCCCOc1cc(C[C@@H](C[C@H](N)[C@@H](O)C[C@H](C(=O)NC[C@@H]2CCCO2)C(C)C)C(C)C)ccc1C(C)(F)F. The zero-order valence-corrected chi connectivity index (χ0v) is 25.3. The third kappa shape index (κ3) is 11.2. The number of nitrogens with two attached hydrogens (primary N) is 1. The average Bonchev–Trinajstić information content (AvgIpc) is 3.40. The highest BCUT2D eigenvalue weighted by atomic mass is 19.3. The van der Waals surface area contributed by atoms with Crippen LogP contribution in [0.15, 0.2) is 18.2 Å². The van der Waals surface area contributed by atoms with Crippen LogP contribution in [0.4, 0.5) is 8.78 Å². The second-order valence-corrected chi connectivity index (χ2v) is 12.1. The van der Waals surface area contributed by atoms with Crippen molar-refractivity contribution in [2.75, 3.05) is 33.5 Å². The Bertz CT molecular complexity index is 887. The van der Waals surface area contributed by atoms with Gasteiger partial charge in [-0.05, 0) is 67.6 Å². The van der Waals surface area contributed by atoms with Gasteiger partial charge in [0.25, 0.3) is 5.92 Å². The van der Waals surface area contributed by atoms with Crippen molar-refractivity contribution in [2.24, 2.45) is 29.4 Å². The van der Waals surface area contributed by atoms with E-state index < -0.39 is 18.1 Å². The summed E-state index contributed by atoms with van der Waals surface area (Å²) in [4.78, 5) is 12.9. The first-order chi connectivity index (χ1) is 18.8. The summed E-state index contributed by atoms with van der Waals surface area (Å²) in [6.07, 6.45) is 3.20. The minimum Gasteiger partial charge on any atom is -0.493 e. The number of nitrogens with one attached hydrogen (secondary N) is 1. The predicted molar refractivity (Wildman–Crippen MR) is 154 cm³/mol. The fraction of sp³-hybridized carbons (Fsp3) is 0.774. The van der Waals surface area contributed by atoms with Gasteiger partial charge in [-0.2, -0.15) is 0 Å². The van der Waals surface area contributed by atoms with Crippen molar-refractivity contribution >= 4 is 5.91 Å². The van der Waals surface area contributed by atoms with Gasteiger partial charge in [-0.25, -0.2) is 8.78 Å². The first kappa shape index (κ1) is 34.4. The number of carbonyl (C=O) groups excluding carboxylic acids is 1. The third-order valence-corrected chi connectivity index (χ3v) is 7.94. The Morgan fingerprint density at radius 2 is 1.93 bits per heavy atom. The van der Waals surface area contributed by atoms with Gasteiger partial charge in [0.2, 0.25) is 5.91 Å². The van der Waals surface area contributed by atoms with E-state index in [1.54, 1.807) is 19.2 Å². The number of rotatable bonds is 18. The van der Waals surface area contributed by atoms with Crippen LogP contribution in [0.25, 0.3) is 0 Å². The molecular weight excluding hydrogens is 518 g/mol. The molecular formula is C31H52F2N2O5. The second-order valence-electron chi connectivity index (χ2n) is 12.1. The van der Waals surface area contributed by atoms with Crippen LogP contribution in [-0.2, 0) is 26.6 Å². The van der Waals surface area contributed by atoms with Crippen LogP contribution in [-0.4, -0.2) is 62.7 Å². The first-order valence-corrected chi connectivity index (χ1v) is 14.8. The molecule has 1 aromatic rings. The molecule has 0 bridgehead atoms. The molecule has 1 aliphatic heterocycles. The molecule has 0 unspecified atom stereocenters. The Balaban J connectivity index is 2.04. The number of benzene rings is 1. The van der Waals surface area contributed by atoms with Gasteiger partial charge >= 0.3 is 0 Å². The van der Waals surface area contributed by atoms with Crippen LogP contribution in [0.3, 0.4) is 0 Å². The van der Waals surface area contributed by atoms with Crippen LogP contribution in [0.2, 0.25) is 0 Å². The van der Waals surface area contributed by atoms with E-state index in [0.717, 1.165) is 31.9 Å². The molecule has 5 atom stereocenters. The number of amides is 1. The normalized spacial score (nSPS) is 19.1. The standard InChI is InChI=1S/C31H52F2N2O5/c1-20(2)23(15-22-10-11-26(31(5,32)33)29(16-22)40-14-8-12-38-6)17-27(34)28(36)18-25(21(3)4)30(37)35-19-24-9-7-13-39-24/h10-11,16,20-21,23-25,27-28,36H,7-9,12-15,17-19,34H2,1-6H3,(H,35,37)/t23-,24-,25-,27-,28-/m0/s1. The van der Waals surface area contributed by atoms with Gasteiger partial charge in [0.15, 0.2) is 0 Å². The predicted octanol–water partition coefficient (Wildman–Crippen LogP) is 5.06. The summed E-state index contributed by atoms with van der Waals surface area (Å²) >= 11 is 0. The first-order valence-electron chi connectivity index (χ1n) is 14.8. The summed E-state index contributed by atoms with van der Waals surface area (Å²) in [5.74, 6) is -2.89. The monoisotopic (exact) mass is 570 g/mol. The summed E-state index contributed by atoms with van der Waals surface area (Å²) in [6.45, 7) is 11.0. The molecule has 1 saturated heterocycles. The summed E-state index contributed by atoms with van der Waals surface area (Å²) in [5.41, 5.74) is 7.24. The van der Waals surface area contributed by atoms with Crippen molar-refractivity contribution in [1.82, 2.24) is 5.32 Å². The Morgan fingerprint density at radius 3 is 2.50 bits per heavy atom. The Kier molecular flexibility index (Phi) is 14.3. The van der Waals surface area contributed by atoms with Crippen molar-refractivity contribution in [3.8, 4) is 5.75 Å². The second kappa shape index (κ2) is 16.6. The number of alkyl halides is 2. The summed E-state index contributed by atoms with van der Waals surface area (Å²) in [7, 11) is 1.59. The number of aliphatic hydroxyl groups is 1. The maximum atomic E-state index is 14.2. The molecule has 40 heavy (non-hydrogen) atoms. The fourth-order valence-electron chi connectivity index (χ4n) is 5.23. The van der Waals surface area contributed by atoms with E-state index in [-0.39, 0.29) is 60.0 Å². The van der Waals surface area contributed by atoms with Crippen molar-refractivity contribution < 1.29 is 32.9 Å². The largest absolute Gasteiger partial charge is 0.493 e. The van der Waals surface area contributed by atoms with Crippen LogP contribution in [0.1, 0.15) is 77.8 Å². The molecule has 1 amide bonds. The minimum atomic E-state index is -3.03. The van der Waals surface area contributed by atoms with E-state index in [2.05, 4.69) is 19.2 Å². The highest BCUT2D eigenvalue weighted by Gasteiger charge is 2.32. The van der Waals surface area contributed by atoms with E-state index in [4.69, 9.17) is 19.9 Å². The van der Waals surface area contributed by atoms with E-state index in [1.807, 2.05) is 13.8 Å². The highest BCUT2D eigenvalue weighted by molar-refractivity contribution is 5.78. The van der Waals surface area contributed by atoms with Gasteiger partial charge in [-0.1, -0.05) is 33.8 Å². The van der Waals surface area contributed by atoms with Gasteiger partial charge < -0.3 is 30.4 Å². The smallest absolute Gasteiger partial charge is 0.274 e. The van der Waals surface area contributed by atoms with Gasteiger partial charge in [0.1, 0.15) is 5.75 Å². The Hall–Kier alpha value is -1.81. The maximum Gasteiger partial charge on any atom is 0.274 e. The molecule has 230 valence electrons. The topological polar surface area (TPSA) is 103 Å². The number of methoxy groups -OCH3 is 1. The molecule has 1 aliphatic rings. The Morgan fingerprint density at radius 1 is 1.20 bits per heavy atom. The van der Waals surface area contributed by atoms with Crippen LogP contribution in [0.5, 0.6) is 5.75 Å². The molecule has 0 saturated carbocycles. The molecule has 0 radical (unpaired) electrons. The molecule has 1 fully saturated rings. The lowest BCUT2D eigenvalue weighted by molar-refractivity contribution is -0.128. The van der Waals surface area contributed by atoms with E-state index in [0.29, 0.717) is 32.4 Å². The van der Waals surface area contributed by atoms with E-state index in [9.17, 15) is 18.7 Å². The number of halogens is 2. The Labute approximate surface area is 239 Å². The van der Waals surface area contributed by atoms with Crippen LogP contribution < -0.4 is 15.8 Å². The minimum absolute atomic E-state index is 0.0461. The number of carbonyl (C=O) groups is 1. The van der Waals surface area contributed by atoms with Crippen molar-refractivity contribution in [2.45, 2.75) is 97.3 Å². The molecule has 0 aromatic heterocycles. The zero-order valence-electron chi connectivity index (χ0n) is 25.3. The van der Waals surface area contributed by atoms with Gasteiger partial charge in [0, 0.05) is 52.2 Å². The lowest BCUT2D eigenvalue weighted by Gasteiger charge is -2.30. The summed E-state index contributed by atoms with van der Waals surface area (Å²) in [6, 6.07) is 4.34. The van der Waals surface area contributed by atoms with Crippen LogP contribution in [0, 0.1) is 23.7 Å². The number of aliphatic hydroxyl groups excluding tert-OH is 1. The van der Waals surface area contributed by atoms with Crippen LogP contribution >= 0.6 is 0 Å². The van der Waals surface area contributed by atoms with Gasteiger partial charge in [0.05, 0.1) is 24.4 Å². The summed E-state index contributed by atoms with van der Waals surface area (Å²) in [5, 5.41) is 14.0. The zero-order chi connectivity index (χ0) is 29.9. The molecule has 2 rings (SSSR count). The maximum absolute atomic E-state index is 14.2. The number of hydrogen-bond acceptors (Lipinski definition) is 6.